The topological polar surface area (TPSA) is 74.5 Å². The minimum atomic E-state index is -0.705. The summed E-state index contributed by atoms with van der Waals surface area (Å²) < 4.78 is 23.2. The van der Waals surface area contributed by atoms with E-state index in [0.29, 0.717) is 30.2 Å². The molecule has 0 radical (unpaired) electrons. The van der Waals surface area contributed by atoms with Crippen LogP contribution in [0.3, 0.4) is 0 Å². The molecule has 24 heavy (non-hydrogen) atoms. The maximum Gasteiger partial charge on any atom is 0.136 e. The van der Waals surface area contributed by atoms with Crippen LogP contribution in [0.15, 0.2) is 42.5 Å². The molecule has 6 heteroatoms. The maximum atomic E-state index is 12.8. The predicted octanol–water partition coefficient (Wildman–Crippen LogP) is 2.24. The summed E-state index contributed by atoms with van der Waals surface area (Å²) in [6, 6.07) is 13.0. The van der Waals surface area contributed by atoms with Crippen LogP contribution in [0.4, 0.5) is 4.39 Å². The van der Waals surface area contributed by atoms with Gasteiger partial charge >= 0.3 is 0 Å². The molecule has 2 aromatic carbocycles. The fraction of sp³-hybridized carbons (Fsp3) is 0.278. The van der Waals surface area contributed by atoms with Crippen molar-refractivity contribution >= 4 is 0 Å². The first-order valence-electron chi connectivity index (χ1n) is 7.46. The van der Waals surface area contributed by atoms with E-state index in [1.807, 2.05) is 6.07 Å². The van der Waals surface area contributed by atoms with Crippen molar-refractivity contribution in [3.8, 4) is 17.6 Å². The summed E-state index contributed by atoms with van der Waals surface area (Å²) in [4.78, 5) is 0. The van der Waals surface area contributed by atoms with E-state index in [9.17, 15) is 9.50 Å². The summed E-state index contributed by atoms with van der Waals surface area (Å²) in [5.74, 6) is 0.707. The molecule has 5 nitrogen and oxygen atoms in total. The third-order valence-corrected chi connectivity index (χ3v) is 3.35. The average Bonchev–Trinajstić information content (AvgIpc) is 2.61. The SMILES string of the molecule is COc1ccc(CNCC(O)COc2ccc(F)cc2)cc1C#N. The highest BCUT2D eigenvalue weighted by Crippen LogP contribution is 2.18. The van der Waals surface area contributed by atoms with Crippen LogP contribution in [0.5, 0.6) is 11.5 Å². The van der Waals surface area contributed by atoms with E-state index in [1.165, 1.54) is 31.4 Å². The highest BCUT2D eigenvalue weighted by Gasteiger charge is 2.07. The minimum absolute atomic E-state index is 0.102. The Morgan fingerprint density at radius 1 is 1.25 bits per heavy atom. The van der Waals surface area contributed by atoms with Crippen molar-refractivity contribution < 1.29 is 19.0 Å². The van der Waals surface area contributed by atoms with Crippen LogP contribution in [0.2, 0.25) is 0 Å². The third kappa shape index (κ3) is 5.23. The van der Waals surface area contributed by atoms with Gasteiger partial charge in [-0.3, -0.25) is 0 Å². The number of nitriles is 1. The van der Waals surface area contributed by atoms with Gasteiger partial charge < -0.3 is 19.9 Å². The largest absolute Gasteiger partial charge is 0.495 e. The Balaban J connectivity index is 1.75. The maximum absolute atomic E-state index is 12.8. The molecule has 2 N–H and O–H groups in total. The van der Waals surface area contributed by atoms with Crippen molar-refractivity contribution in [1.29, 1.82) is 5.26 Å². The van der Waals surface area contributed by atoms with Gasteiger partial charge in [0.25, 0.3) is 0 Å². The zero-order valence-electron chi connectivity index (χ0n) is 13.3. The molecule has 2 rings (SSSR count). The van der Waals surface area contributed by atoms with Crippen LogP contribution >= 0.6 is 0 Å². The Hall–Kier alpha value is -2.62. The Morgan fingerprint density at radius 2 is 2.00 bits per heavy atom. The van der Waals surface area contributed by atoms with E-state index in [0.717, 1.165) is 5.56 Å². The first-order valence-corrected chi connectivity index (χ1v) is 7.46. The summed E-state index contributed by atoms with van der Waals surface area (Å²) in [6.45, 7) is 0.937. The van der Waals surface area contributed by atoms with Gasteiger partial charge in [-0.25, -0.2) is 4.39 Å². The summed E-state index contributed by atoms with van der Waals surface area (Å²) in [7, 11) is 1.52. The van der Waals surface area contributed by atoms with Gasteiger partial charge in [-0.1, -0.05) is 6.07 Å². The van der Waals surface area contributed by atoms with Crippen LogP contribution < -0.4 is 14.8 Å². The van der Waals surface area contributed by atoms with Crippen LogP contribution in [-0.2, 0) is 6.54 Å². The smallest absolute Gasteiger partial charge is 0.136 e. The Labute approximate surface area is 140 Å². The van der Waals surface area contributed by atoms with Crippen molar-refractivity contribution in [2.24, 2.45) is 0 Å². The molecule has 0 aliphatic heterocycles. The van der Waals surface area contributed by atoms with Gasteiger partial charge in [0.1, 0.15) is 36.1 Å². The molecule has 0 fully saturated rings. The molecule has 0 heterocycles. The molecule has 1 unspecified atom stereocenters. The van der Waals surface area contributed by atoms with E-state index in [1.54, 1.807) is 12.1 Å². The van der Waals surface area contributed by atoms with Crippen molar-refractivity contribution in [1.82, 2.24) is 5.32 Å². The van der Waals surface area contributed by atoms with Crippen LogP contribution in [-0.4, -0.2) is 31.5 Å². The van der Waals surface area contributed by atoms with Gasteiger partial charge in [-0.15, -0.1) is 0 Å². The molecule has 0 aliphatic carbocycles. The van der Waals surface area contributed by atoms with Crippen molar-refractivity contribution in [2.75, 3.05) is 20.3 Å². The van der Waals surface area contributed by atoms with Gasteiger partial charge in [0.05, 0.1) is 12.7 Å². The lowest BCUT2D eigenvalue weighted by Crippen LogP contribution is -2.31. The summed E-state index contributed by atoms with van der Waals surface area (Å²) >= 11 is 0. The Kier molecular flexibility index (Phi) is 6.55. The fourth-order valence-electron chi connectivity index (χ4n) is 2.12. The third-order valence-electron chi connectivity index (χ3n) is 3.35. The van der Waals surface area contributed by atoms with Crippen molar-refractivity contribution in [2.45, 2.75) is 12.6 Å². The lowest BCUT2D eigenvalue weighted by Gasteiger charge is -2.13. The number of benzene rings is 2. The quantitative estimate of drug-likeness (QED) is 0.776. The second-order valence-corrected chi connectivity index (χ2v) is 5.20. The summed E-state index contributed by atoms with van der Waals surface area (Å²) in [6.07, 6.45) is -0.705. The molecule has 0 amide bonds. The molecule has 0 saturated heterocycles. The molecule has 126 valence electrons. The van der Waals surface area contributed by atoms with E-state index >= 15 is 0 Å². The molecule has 0 spiro atoms. The number of nitrogens with one attached hydrogen (secondary N) is 1. The second-order valence-electron chi connectivity index (χ2n) is 5.20. The highest BCUT2D eigenvalue weighted by molar-refractivity contribution is 5.45. The number of hydrogen-bond acceptors (Lipinski definition) is 5. The zero-order valence-corrected chi connectivity index (χ0v) is 13.3. The summed E-state index contributed by atoms with van der Waals surface area (Å²) in [5.41, 5.74) is 1.39. The number of halogens is 1. The van der Waals surface area contributed by atoms with E-state index in [2.05, 4.69) is 11.4 Å². The molecular weight excluding hydrogens is 311 g/mol. The number of hydrogen-bond donors (Lipinski definition) is 2. The fourth-order valence-corrected chi connectivity index (χ4v) is 2.12. The van der Waals surface area contributed by atoms with Crippen LogP contribution in [0.25, 0.3) is 0 Å². The Bertz CT molecular complexity index is 698. The first-order chi connectivity index (χ1) is 11.6. The number of aliphatic hydroxyl groups is 1. The molecule has 1 atom stereocenters. The number of rotatable bonds is 8. The van der Waals surface area contributed by atoms with Gasteiger partial charge in [0.2, 0.25) is 0 Å². The average molecular weight is 330 g/mol. The Morgan fingerprint density at radius 3 is 2.67 bits per heavy atom. The molecular formula is C18H19FN2O3. The molecule has 2 aromatic rings. The predicted molar refractivity (Wildman–Crippen MR) is 87.3 cm³/mol. The standard InChI is InChI=1S/C18H19FN2O3/c1-23-18-7-2-13(8-14(18)9-20)10-21-11-16(22)12-24-17-5-3-15(19)4-6-17/h2-8,16,21-22H,10-12H2,1H3. The van der Waals surface area contributed by atoms with E-state index in [-0.39, 0.29) is 12.4 Å². The van der Waals surface area contributed by atoms with Crippen molar-refractivity contribution in [3.05, 3.63) is 59.4 Å². The van der Waals surface area contributed by atoms with Gasteiger partial charge in [0.15, 0.2) is 0 Å². The van der Waals surface area contributed by atoms with E-state index in [4.69, 9.17) is 14.7 Å². The highest BCUT2D eigenvalue weighted by atomic mass is 19.1. The number of methoxy groups -OCH3 is 1. The first kappa shape index (κ1) is 17.7. The van der Waals surface area contributed by atoms with Crippen LogP contribution in [0.1, 0.15) is 11.1 Å². The molecule has 0 bridgehead atoms. The monoisotopic (exact) mass is 330 g/mol. The second kappa shape index (κ2) is 8.87. The number of ether oxygens (including phenoxy) is 2. The lowest BCUT2D eigenvalue weighted by molar-refractivity contribution is 0.106. The van der Waals surface area contributed by atoms with Crippen LogP contribution in [0, 0.1) is 17.1 Å². The van der Waals surface area contributed by atoms with Gasteiger partial charge in [-0.05, 0) is 42.0 Å². The minimum Gasteiger partial charge on any atom is -0.495 e. The normalized spacial score (nSPS) is 11.6. The lowest BCUT2D eigenvalue weighted by atomic mass is 10.1. The molecule has 0 aliphatic rings. The summed E-state index contributed by atoms with van der Waals surface area (Å²) in [5, 5.41) is 22.0. The number of aliphatic hydroxyl groups excluding tert-OH is 1. The van der Waals surface area contributed by atoms with Crippen molar-refractivity contribution in [3.63, 3.8) is 0 Å². The van der Waals surface area contributed by atoms with Gasteiger partial charge in [-0.2, -0.15) is 5.26 Å². The molecule has 0 saturated carbocycles. The van der Waals surface area contributed by atoms with E-state index < -0.39 is 6.10 Å². The zero-order chi connectivity index (χ0) is 17.4. The number of nitrogens with zero attached hydrogens (tertiary/aromatic N) is 1. The van der Waals surface area contributed by atoms with Gasteiger partial charge in [0, 0.05) is 13.1 Å². The molecule has 0 aromatic heterocycles.